The van der Waals surface area contributed by atoms with E-state index in [0.717, 1.165) is 30.6 Å². The van der Waals surface area contributed by atoms with E-state index in [9.17, 15) is 9.90 Å². The van der Waals surface area contributed by atoms with Gasteiger partial charge in [0.25, 0.3) is 0 Å². The van der Waals surface area contributed by atoms with E-state index in [2.05, 4.69) is 10.6 Å². The Labute approximate surface area is 113 Å². The topological polar surface area (TPSA) is 61.4 Å². The van der Waals surface area contributed by atoms with Crippen molar-refractivity contribution in [3.8, 4) is 0 Å². The van der Waals surface area contributed by atoms with Crippen molar-refractivity contribution in [2.75, 3.05) is 13.1 Å². The maximum atomic E-state index is 12.1. The van der Waals surface area contributed by atoms with Crippen LogP contribution in [0.2, 0.25) is 0 Å². The largest absolute Gasteiger partial charge is 0.390 e. The first kappa shape index (κ1) is 12.6. The van der Waals surface area contributed by atoms with Crippen LogP contribution in [0, 0.1) is 5.92 Å². The molecule has 1 unspecified atom stereocenters. The number of hydrogen-bond acceptors (Lipinski definition) is 3. The second-order valence-electron chi connectivity index (χ2n) is 5.58. The van der Waals surface area contributed by atoms with Crippen LogP contribution in [-0.2, 0) is 11.2 Å². The van der Waals surface area contributed by atoms with Gasteiger partial charge in [0, 0.05) is 12.8 Å². The van der Waals surface area contributed by atoms with E-state index in [1.165, 1.54) is 0 Å². The predicted molar refractivity (Wildman–Crippen MR) is 72.6 cm³/mol. The summed E-state index contributed by atoms with van der Waals surface area (Å²) in [7, 11) is 0. The second kappa shape index (κ2) is 5.31. The van der Waals surface area contributed by atoms with Gasteiger partial charge < -0.3 is 15.7 Å². The van der Waals surface area contributed by atoms with Crippen molar-refractivity contribution < 1.29 is 9.90 Å². The molecule has 1 aromatic carbocycles. The SMILES string of the molecule is O=C(CC1CCNC1)N[C@H]1c2ccccc2C[C@H]1O. The fourth-order valence-electron chi connectivity index (χ4n) is 3.13. The van der Waals surface area contributed by atoms with E-state index in [1.807, 2.05) is 24.3 Å². The monoisotopic (exact) mass is 260 g/mol. The lowest BCUT2D eigenvalue weighted by atomic mass is 10.0. The highest BCUT2D eigenvalue weighted by atomic mass is 16.3. The lowest BCUT2D eigenvalue weighted by Gasteiger charge is -2.19. The number of amides is 1. The first-order chi connectivity index (χ1) is 9.24. The summed E-state index contributed by atoms with van der Waals surface area (Å²) in [4.78, 5) is 12.1. The first-order valence-corrected chi connectivity index (χ1v) is 7.00. The number of fused-ring (bicyclic) bond motifs is 1. The molecule has 0 radical (unpaired) electrons. The van der Waals surface area contributed by atoms with Crippen LogP contribution in [0.5, 0.6) is 0 Å². The van der Waals surface area contributed by atoms with Crippen LogP contribution in [0.4, 0.5) is 0 Å². The molecular weight excluding hydrogens is 240 g/mol. The summed E-state index contributed by atoms with van der Waals surface area (Å²) in [5.74, 6) is 0.489. The van der Waals surface area contributed by atoms with Crippen LogP contribution >= 0.6 is 0 Å². The van der Waals surface area contributed by atoms with Gasteiger partial charge in [-0.15, -0.1) is 0 Å². The molecule has 3 rings (SSSR count). The highest BCUT2D eigenvalue weighted by Gasteiger charge is 2.32. The highest BCUT2D eigenvalue weighted by molar-refractivity contribution is 5.77. The third-order valence-electron chi connectivity index (χ3n) is 4.16. The smallest absolute Gasteiger partial charge is 0.220 e. The molecule has 1 aliphatic heterocycles. The fraction of sp³-hybridized carbons (Fsp3) is 0.533. The predicted octanol–water partition coefficient (Wildman–Crippen LogP) is 0.760. The summed E-state index contributed by atoms with van der Waals surface area (Å²) in [5.41, 5.74) is 2.20. The molecule has 1 saturated heterocycles. The van der Waals surface area contributed by atoms with Crippen molar-refractivity contribution in [1.29, 1.82) is 0 Å². The summed E-state index contributed by atoms with van der Waals surface area (Å²) in [5, 5.41) is 16.4. The molecule has 0 aromatic heterocycles. The molecule has 2 aliphatic rings. The molecule has 4 nitrogen and oxygen atoms in total. The van der Waals surface area contributed by atoms with E-state index in [4.69, 9.17) is 0 Å². The Kier molecular flexibility index (Phi) is 3.53. The Morgan fingerprint density at radius 2 is 2.26 bits per heavy atom. The van der Waals surface area contributed by atoms with Gasteiger partial charge in [0.15, 0.2) is 0 Å². The normalized spacial score (nSPS) is 29.2. The Morgan fingerprint density at radius 3 is 3.05 bits per heavy atom. The number of rotatable bonds is 3. The molecule has 1 heterocycles. The number of aliphatic hydroxyl groups is 1. The quantitative estimate of drug-likeness (QED) is 0.752. The van der Waals surface area contributed by atoms with Gasteiger partial charge in [-0.2, -0.15) is 0 Å². The van der Waals surface area contributed by atoms with Gasteiger partial charge in [-0.3, -0.25) is 4.79 Å². The maximum absolute atomic E-state index is 12.1. The molecule has 1 amide bonds. The Balaban J connectivity index is 1.64. The van der Waals surface area contributed by atoms with Crippen molar-refractivity contribution in [2.45, 2.75) is 31.4 Å². The molecule has 0 saturated carbocycles. The van der Waals surface area contributed by atoms with Crippen molar-refractivity contribution in [3.05, 3.63) is 35.4 Å². The number of nitrogens with one attached hydrogen (secondary N) is 2. The van der Waals surface area contributed by atoms with Gasteiger partial charge in [-0.1, -0.05) is 24.3 Å². The summed E-state index contributed by atoms with van der Waals surface area (Å²) in [6.45, 7) is 1.93. The maximum Gasteiger partial charge on any atom is 0.220 e. The van der Waals surface area contributed by atoms with Crippen molar-refractivity contribution >= 4 is 5.91 Å². The van der Waals surface area contributed by atoms with Crippen molar-refractivity contribution in [1.82, 2.24) is 10.6 Å². The van der Waals surface area contributed by atoms with Crippen molar-refractivity contribution in [2.24, 2.45) is 5.92 Å². The van der Waals surface area contributed by atoms with Crippen LogP contribution in [0.3, 0.4) is 0 Å². The van der Waals surface area contributed by atoms with Crippen molar-refractivity contribution in [3.63, 3.8) is 0 Å². The van der Waals surface area contributed by atoms with Crippen LogP contribution in [-0.4, -0.2) is 30.2 Å². The summed E-state index contributed by atoms with van der Waals surface area (Å²) in [6, 6.07) is 7.70. The Morgan fingerprint density at radius 1 is 1.42 bits per heavy atom. The number of carbonyl (C=O) groups is 1. The summed E-state index contributed by atoms with van der Waals surface area (Å²) >= 11 is 0. The number of aliphatic hydroxyl groups excluding tert-OH is 1. The zero-order valence-electron chi connectivity index (χ0n) is 10.9. The molecule has 0 bridgehead atoms. The zero-order valence-corrected chi connectivity index (χ0v) is 10.9. The molecule has 3 atom stereocenters. The first-order valence-electron chi connectivity index (χ1n) is 7.00. The van der Waals surface area contributed by atoms with Gasteiger partial charge >= 0.3 is 0 Å². The Bertz CT molecular complexity index is 469. The summed E-state index contributed by atoms with van der Waals surface area (Å²) in [6.07, 6.45) is 1.75. The van der Waals surface area contributed by atoms with Gasteiger partial charge in [0.2, 0.25) is 5.91 Å². The van der Waals surface area contributed by atoms with Crippen LogP contribution < -0.4 is 10.6 Å². The third-order valence-corrected chi connectivity index (χ3v) is 4.16. The minimum absolute atomic E-state index is 0.0504. The average molecular weight is 260 g/mol. The summed E-state index contributed by atoms with van der Waals surface area (Å²) < 4.78 is 0. The van der Waals surface area contributed by atoms with Gasteiger partial charge in [0.1, 0.15) is 0 Å². The minimum Gasteiger partial charge on any atom is -0.390 e. The highest BCUT2D eigenvalue weighted by Crippen LogP contribution is 2.31. The third kappa shape index (κ3) is 2.65. The average Bonchev–Trinajstić information content (AvgIpc) is 2.99. The van der Waals surface area contributed by atoms with E-state index in [-0.39, 0.29) is 11.9 Å². The minimum atomic E-state index is -0.497. The lowest BCUT2D eigenvalue weighted by molar-refractivity contribution is -0.123. The van der Waals surface area contributed by atoms with Gasteiger partial charge in [-0.05, 0) is 36.6 Å². The van der Waals surface area contributed by atoms with Gasteiger partial charge in [0.05, 0.1) is 12.1 Å². The van der Waals surface area contributed by atoms with Crippen LogP contribution in [0.15, 0.2) is 24.3 Å². The number of carbonyl (C=O) groups excluding carboxylic acids is 1. The lowest BCUT2D eigenvalue weighted by Crippen LogP contribution is -2.35. The van der Waals surface area contributed by atoms with E-state index in [1.54, 1.807) is 0 Å². The number of benzene rings is 1. The standard InChI is InChI=1S/C15H20N2O2/c18-13-8-11-3-1-2-4-12(11)15(13)17-14(19)7-10-5-6-16-9-10/h1-4,10,13,15-16,18H,5-9H2,(H,17,19)/t10?,13-,15+/m1/s1. The van der Waals surface area contributed by atoms with E-state index in [0.29, 0.717) is 18.8 Å². The molecule has 1 aliphatic carbocycles. The number of hydrogen-bond donors (Lipinski definition) is 3. The van der Waals surface area contributed by atoms with Gasteiger partial charge in [-0.25, -0.2) is 0 Å². The van der Waals surface area contributed by atoms with Crippen LogP contribution in [0.25, 0.3) is 0 Å². The molecule has 102 valence electrons. The van der Waals surface area contributed by atoms with E-state index < -0.39 is 6.10 Å². The molecular formula is C15H20N2O2. The molecule has 1 fully saturated rings. The van der Waals surface area contributed by atoms with E-state index >= 15 is 0 Å². The second-order valence-corrected chi connectivity index (χ2v) is 5.58. The molecule has 1 aromatic rings. The Hall–Kier alpha value is -1.39. The van der Waals surface area contributed by atoms with Crippen LogP contribution in [0.1, 0.15) is 30.0 Å². The molecule has 4 heteroatoms. The fourth-order valence-corrected chi connectivity index (χ4v) is 3.13. The molecule has 19 heavy (non-hydrogen) atoms. The molecule has 0 spiro atoms. The molecule has 3 N–H and O–H groups in total. The zero-order chi connectivity index (χ0) is 13.2.